The topological polar surface area (TPSA) is 37.3 Å². The third-order valence-corrected chi connectivity index (χ3v) is 6.03. The summed E-state index contributed by atoms with van der Waals surface area (Å²) in [6.07, 6.45) is 0. The molecule has 0 saturated carbocycles. The summed E-state index contributed by atoms with van der Waals surface area (Å²) < 4.78 is 0.931. The Labute approximate surface area is 139 Å². The van der Waals surface area contributed by atoms with E-state index in [1.807, 2.05) is 18.2 Å². The molecule has 0 saturated heterocycles. The molecule has 21 heavy (non-hydrogen) atoms. The van der Waals surface area contributed by atoms with Crippen LogP contribution in [-0.2, 0) is 0 Å². The largest absolute Gasteiger partial charge is 0.477 e. The van der Waals surface area contributed by atoms with Crippen molar-refractivity contribution < 1.29 is 9.90 Å². The molecule has 0 aliphatic rings. The molecule has 0 atom stereocenters. The first kappa shape index (κ1) is 14.7. The number of carboxylic acids is 1. The quantitative estimate of drug-likeness (QED) is 0.621. The van der Waals surface area contributed by atoms with Crippen LogP contribution in [0.4, 0.5) is 0 Å². The van der Waals surface area contributed by atoms with Gasteiger partial charge < -0.3 is 5.11 Å². The minimum Gasteiger partial charge on any atom is -0.477 e. The van der Waals surface area contributed by atoms with Gasteiger partial charge in [-0.3, -0.25) is 0 Å². The molecule has 2 aromatic carbocycles. The van der Waals surface area contributed by atoms with Gasteiger partial charge in [-0.15, -0.1) is 11.3 Å². The summed E-state index contributed by atoms with van der Waals surface area (Å²) in [5, 5.41) is 11.2. The van der Waals surface area contributed by atoms with Crippen LogP contribution in [0, 0.1) is 0 Å². The highest BCUT2D eigenvalue weighted by Gasteiger charge is 2.14. The average Bonchev–Trinajstić information content (AvgIpc) is 2.88. The van der Waals surface area contributed by atoms with Gasteiger partial charge in [0.15, 0.2) is 0 Å². The lowest BCUT2D eigenvalue weighted by Crippen LogP contribution is -1.89. The molecule has 1 N–H and O–H groups in total. The van der Waals surface area contributed by atoms with Gasteiger partial charge in [0.25, 0.3) is 0 Å². The minimum atomic E-state index is -0.914. The Balaban J connectivity index is 2.10. The van der Waals surface area contributed by atoms with E-state index in [4.69, 9.17) is 28.3 Å². The van der Waals surface area contributed by atoms with Crippen molar-refractivity contribution in [2.24, 2.45) is 0 Å². The van der Waals surface area contributed by atoms with E-state index in [0.29, 0.717) is 14.9 Å². The van der Waals surface area contributed by atoms with Gasteiger partial charge in [-0.1, -0.05) is 47.1 Å². The Morgan fingerprint density at radius 3 is 2.43 bits per heavy atom. The zero-order valence-electron chi connectivity index (χ0n) is 10.5. The summed E-state index contributed by atoms with van der Waals surface area (Å²) >= 11 is 15.1. The number of carboxylic acid groups (broad SMARTS) is 1. The van der Waals surface area contributed by atoms with E-state index >= 15 is 0 Å². The van der Waals surface area contributed by atoms with Crippen LogP contribution in [-0.4, -0.2) is 11.1 Å². The molecule has 2 nitrogen and oxygen atoms in total. The van der Waals surface area contributed by atoms with Crippen LogP contribution in [0.2, 0.25) is 10.0 Å². The summed E-state index contributed by atoms with van der Waals surface area (Å²) in [6, 6.07) is 12.8. The standard InChI is InChI=1S/C15H8Cl2O2S2/c16-9-3-1-4-10(17)14(9)21-12-6-2-5-11-8(12)7-13(20-11)15(18)19/h1-7H,(H,18,19). The van der Waals surface area contributed by atoms with E-state index in [2.05, 4.69) is 0 Å². The fourth-order valence-electron chi connectivity index (χ4n) is 1.92. The van der Waals surface area contributed by atoms with Crippen molar-refractivity contribution in [2.75, 3.05) is 0 Å². The van der Waals surface area contributed by atoms with Crippen LogP contribution in [0.1, 0.15) is 9.67 Å². The molecule has 0 amide bonds. The van der Waals surface area contributed by atoms with Gasteiger partial charge in [0.1, 0.15) is 4.88 Å². The number of thiophene rings is 1. The SMILES string of the molecule is O=C(O)c1cc2c(Sc3c(Cl)cccc3Cl)cccc2s1. The van der Waals surface area contributed by atoms with Crippen molar-refractivity contribution in [3.8, 4) is 0 Å². The molecule has 0 spiro atoms. The van der Waals surface area contributed by atoms with Crippen LogP contribution in [0.15, 0.2) is 52.3 Å². The van der Waals surface area contributed by atoms with Crippen molar-refractivity contribution in [2.45, 2.75) is 9.79 Å². The van der Waals surface area contributed by atoms with Gasteiger partial charge in [-0.2, -0.15) is 0 Å². The Hall–Kier alpha value is -1.20. The monoisotopic (exact) mass is 354 g/mol. The molecule has 0 radical (unpaired) electrons. The molecular formula is C15H8Cl2O2S2. The van der Waals surface area contributed by atoms with Crippen LogP contribution in [0.5, 0.6) is 0 Å². The Kier molecular flexibility index (Phi) is 4.13. The number of hydrogen-bond donors (Lipinski definition) is 1. The second-order valence-corrected chi connectivity index (χ2v) is 7.19. The fraction of sp³-hybridized carbons (Fsp3) is 0. The number of hydrogen-bond acceptors (Lipinski definition) is 3. The van der Waals surface area contributed by atoms with Crippen LogP contribution < -0.4 is 0 Å². The van der Waals surface area contributed by atoms with Gasteiger partial charge >= 0.3 is 5.97 Å². The van der Waals surface area contributed by atoms with Gasteiger partial charge in [-0.25, -0.2) is 4.79 Å². The average molecular weight is 355 g/mol. The van der Waals surface area contributed by atoms with E-state index in [1.54, 1.807) is 24.3 Å². The van der Waals surface area contributed by atoms with Crippen molar-refractivity contribution >= 4 is 62.4 Å². The van der Waals surface area contributed by atoms with E-state index in [1.165, 1.54) is 23.1 Å². The highest BCUT2D eigenvalue weighted by atomic mass is 35.5. The molecule has 3 rings (SSSR count). The van der Waals surface area contributed by atoms with Crippen LogP contribution >= 0.6 is 46.3 Å². The van der Waals surface area contributed by atoms with Crippen LogP contribution in [0.25, 0.3) is 10.1 Å². The second kappa shape index (κ2) is 5.89. The molecule has 106 valence electrons. The molecule has 0 aliphatic heterocycles. The molecule has 1 heterocycles. The first-order chi connectivity index (χ1) is 10.1. The number of fused-ring (bicyclic) bond motifs is 1. The minimum absolute atomic E-state index is 0.323. The van der Waals surface area contributed by atoms with Crippen LogP contribution in [0.3, 0.4) is 0 Å². The fourth-order valence-corrected chi connectivity index (χ4v) is 4.51. The number of benzene rings is 2. The molecule has 0 fully saturated rings. The lowest BCUT2D eigenvalue weighted by molar-refractivity contribution is 0.0702. The van der Waals surface area contributed by atoms with Gasteiger partial charge in [-0.05, 0) is 30.3 Å². The van der Waals surface area contributed by atoms with Gasteiger partial charge in [0, 0.05) is 19.9 Å². The van der Waals surface area contributed by atoms with E-state index in [-0.39, 0.29) is 0 Å². The lowest BCUT2D eigenvalue weighted by atomic mass is 10.2. The Morgan fingerprint density at radius 2 is 1.76 bits per heavy atom. The molecule has 0 bridgehead atoms. The molecular weight excluding hydrogens is 347 g/mol. The normalized spacial score (nSPS) is 11.0. The first-order valence-corrected chi connectivity index (χ1v) is 8.33. The highest BCUT2D eigenvalue weighted by Crippen LogP contribution is 2.42. The molecule has 0 aliphatic carbocycles. The third kappa shape index (κ3) is 2.90. The number of halogens is 2. The van der Waals surface area contributed by atoms with Gasteiger partial charge in [0.05, 0.1) is 10.0 Å². The summed E-state index contributed by atoms with van der Waals surface area (Å²) in [7, 11) is 0. The van der Waals surface area contributed by atoms with E-state index in [0.717, 1.165) is 19.9 Å². The summed E-state index contributed by atoms with van der Waals surface area (Å²) in [5.41, 5.74) is 0. The van der Waals surface area contributed by atoms with Crippen molar-refractivity contribution in [1.82, 2.24) is 0 Å². The molecule has 1 aromatic heterocycles. The van der Waals surface area contributed by atoms with Crippen molar-refractivity contribution in [3.05, 3.63) is 57.4 Å². The maximum absolute atomic E-state index is 11.1. The van der Waals surface area contributed by atoms with Gasteiger partial charge in [0.2, 0.25) is 0 Å². The number of rotatable bonds is 3. The predicted octanol–water partition coefficient (Wildman–Crippen LogP) is 6.06. The summed E-state index contributed by atoms with van der Waals surface area (Å²) in [5.74, 6) is -0.914. The summed E-state index contributed by atoms with van der Waals surface area (Å²) in [6.45, 7) is 0. The van der Waals surface area contributed by atoms with Crippen molar-refractivity contribution in [1.29, 1.82) is 0 Å². The summed E-state index contributed by atoms with van der Waals surface area (Å²) in [4.78, 5) is 13.1. The zero-order chi connectivity index (χ0) is 15.0. The Morgan fingerprint density at radius 1 is 1.10 bits per heavy atom. The maximum atomic E-state index is 11.1. The smallest absolute Gasteiger partial charge is 0.345 e. The Bertz CT molecular complexity index is 823. The number of carbonyl (C=O) groups is 1. The molecule has 6 heteroatoms. The highest BCUT2D eigenvalue weighted by molar-refractivity contribution is 7.99. The predicted molar refractivity (Wildman–Crippen MR) is 89.4 cm³/mol. The maximum Gasteiger partial charge on any atom is 0.345 e. The zero-order valence-corrected chi connectivity index (χ0v) is 13.6. The molecule has 3 aromatic rings. The second-order valence-electron chi connectivity index (χ2n) is 4.24. The third-order valence-electron chi connectivity index (χ3n) is 2.86. The molecule has 0 unspecified atom stereocenters. The lowest BCUT2D eigenvalue weighted by Gasteiger charge is -2.07. The van der Waals surface area contributed by atoms with E-state index in [9.17, 15) is 4.79 Å². The van der Waals surface area contributed by atoms with Crippen molar-refractivity contribution in [3.63, 3.8) is 0 Å². The number of aromatic carboxylic acids is 1. The van der Waals surface area contributed by atoms with E-state index < -0.39 is 5.97 Å². The first-order valence-electron chi connectivity index (χ1n) is 5.94.